The van der Waals surface area contributed by atoms with E-state index < -0.39 is 11.5 Å². The number of rotatable bonds is 5. The molecule has 0 aliphatic rings. The predicted octanol–water partition coefficient (Wildman–Crippen LogP) is 4.25. The van der Waals surface area contributed by atoms with Crippen LogP contribution in [0, 0.1) is 0 Å². The number of anilines is 2. The Morgan fingerprint density at radius 1 is 1.19 bits per heavy atom. The number of fused-ring (bicyclic) bond motifs is 1. The molecule has 0 aliphatic heterocycles. The Kier molecular flexibility index (Phi) is 5.27. The summed E-state index contributed by atoms with van der Waals surface area (Å²) >= 11 is 3.34. The summed E-state index contributed by atoms with van der Waals surface area (Å²) in [6, 6.07) is 12.2. The van der Waals surface area contributed by atoms with E-state index in [9.17, 15) is 9.59 Å². The molecule has 0 atom stereocenters. The van der Waals surface area contributed by atoms with Gasteiger partial charge >= 0.3 is 5.63 Å². The molecule has 6 nitrogen and oxygen atoms in total. The summed E-state index contributed by atoms with van der Waals surface area (Å²) in [6.07, 6.45) is 0. The third kappa shape index (κ3) is 3.43. The van der Waals surface area contributed by atoms with Crippen molar-refractivity contribution in [2.45, 2.75) is 6.92 Å². The maximum atomic E-state index is 12.8. The highest BCUT2D eigenvalue weighted by Gasteiger charge is 2.19. The van der Waals surface area contributed by atoms with Crippen molar-refractivity contribution in [2.24, 2.45) is 0 Å². The molecule has 0 saturated heterocycles. The van der Waals surface area contributed by atoms with E-state index in [0.29, 0.717) is 34.5 Å². The van der Waals surface area contributed by atoms with Crippen molar-refractivity contribution in [3.63, 3.8) is 0 Å². The fourth-order valence-corrected chi connectivity index (χ4v) is 3.02. The second kappa shape index (κ2) is 7.61. The molecule has 0 bridgehead atoms. The van der Waals surface area contributed by atoms with Crippen molar-refractivity contribution >= 4 is 44.2 Å². The normalized spacial score (nSPS) is 10.6. The van der Waals surface area contributed by atoms with Crippen LogP contribution in [-0.4, -0.2) is 19.6 Å². The third-order valence-corrected chi connectivity index (χ3v) is 4.30. The maximum absolute atomic E-state index is 12.8. The van der Waals surface area contributed by atoms with Gasteiger partial charge in [-0.25, -0.2) is 4.79 Å². The Balaban J connectivity index is 2.10. The zero-order chi connectivity index (χ0) is 18.7. The molecule has 1 amide bonds. The summed E-state index contributed by atoms with van der Waals surface area (Å²) in [5.74, 6) is -0.0641. The Morgan fingerprint density at radius 3 is 2.69 bits per heavy atom. The monoisotopic (exact) mass is 416 g/mol. The van der Waals surface area contributed by atoms with Gasteiger partial charge in [-0.05, 0) is 37.3 Å². The molecule has 0 aliphatic carbocycles. The first-order chi connectivity index (χ1) is 12.5. The number of carbonyl (C=O) groups is 1. The van der Waals surface area contributed by atoms with Crippen LogP contribution in [0.15, 0.2) is 56.1 Å². The molecule has 134 valence electrons. The highest BCUT2D eigenvalue weighted by molar-refractivity contribution is 9.10. The van der Waals surface area contributed by atoms with E-state index >= 15 is 0 Å². The van der Waals surface area contributed by atoms with Gasteiger partial charge in [0, 0.05) is 16.4 Å². The molecular weight excluding hydrogens is 400 g/mol. The Hall–Kier alpha value is -2.80. The van der Waals surface area contributed by atoms with Gasteiger partial charge in [0.05, 0.1) is 18.4 Å². The quantitative estimate of drug-likeness (QED) is 0.607. The topological polar surface area (TPSA) is 80.6 Å². The number of hydrogen-bond donors (Lipinski definition) is 2. The van der Waals surface area contributed by atoms with Gasteiger partial charge in [-0.15, -0.1) is 0 Å². The van der Waals surface area contributed by atoms with E-state index in [1.807, 2.05) is 19.1 Å². The van der Waals surface area contributed by atoms with Crippen LogP contribution in [0.25, 0.3) is 11.0 Å². The van der Waals surface area contributed by atoms with Crippen molar-refractivity contribution in [1.29, 1.82) is 0 Å². The van der Waals surface area contributed by atoms with Crippen LogP contribution in [0.1, 0.15) is 17.3 Å². The standard InChI is InChI=1S/C19H17BrN2O4/c1-3-21-16-12-6-4-5-7-15(12)26-19(24)17(16)22-18(23)13-10-11(20)8-9-14(13)25-2/h4-10,21H,3H2,1-2H3,(H,22,23). The van der Waals surface area contributed by atoms with Gasteiger partial charge in [0.1, 0.15) is 11.3 Å². The van der Waals surface area contributed by atoms with Gasteiger partial charge in [-0.3, -0.25) is 4.79 Å². The van der Waals surface area contributed by atoms with Crippen LogP contribution in [0.2, 0.25) is 0 Å². The molecule has 0 fully saturated rings. The van der Waals surface area contributed by atoms with Crippen LogP contribution in [0.4, 0.5) is 11.4 Å². The Bertz CT molecular complexity index is 1030. The number of nitrogens with one attached hydrogen (secondary N) is 2. The summed E-state index contributed by atoms with van der Waals surface area (Å²) in [5.41, 5.74) is 0.726. The SMILES string of the molecule is CCNc1c(NC(=O)c2cc(Br)ccc2OC)c(=O)oc2ccccc12. The smallest absolute Gasteiger partial charge is 0.362 e. The molecule has 0 saturated carbocycles. The number of halogens is 1. The molecule has 0 spiro atoms. The van der Waals surface area contributed by atoms with E-state index in [1.54, 1.807) is 30.3 Å². The number of ether oxygens (including phenoxy) is 1. The fraction of sp³-hybridized carbons (Fsp3) is 0.158. The van der Waals surface area contributed by atoms with Crippen LogP contribution in [0.5, 0.6) is 5.75 Å². The molecule has 0 radical (unpaired) electrons. The first kappa shape index (κ1) is 18.0. The molecule has 26 heavy (non-hydrogen) atoms. The number of methoxy groups -OCH3 is 1. The minimum absolute atomic E-state index is 0.0672. The van der Waals surface area contributed by atoms with Gasteiger partial charge < -0.3 is 19.8 Å². The lowest BCUT2D eigenvalue weighted by atomic mass is 10.1. The predicted molar refractivity (Wildman–Crippen MR) is 105 cm³/mol. The number of carbonyl (C=O) groups excluding carboxylic acids is 1. The van der Waals surface area contributed by atoms with Crippen LogP contribution < -0.4 is 21.0 Å². The molecule has 1 heterocycles. The zero-order valence-corrected chi connectivity index (χ0v) is 15.8. The summed E-state index contributed by atoms with van der Waals surface area (Å²) in [7, 11) is 1.48. The molecule has 0 unspecified atom stereocenters. The van der Waals surface area contributed by atoms with E-state index in [0.717, 1.165) is 4.47 Å². The molecular formula is C19H17BrN2O4. The molecule has 2 aromatic carbocycles. The molecule has 1 aromatic heterocycles. The first-order valence-corrected chi connectivity index (χ1v) is 8.79. The molecule has 3 rings (SSSR count). The minimum Gasteiger partial charge on any atom is -0.496 e. The highest BCUT2D eigenvalue weighted by Crippen LogP contribution is 2.30. The maximum Gasteiger partial charge on any atom is 0.362 e. The van der Waals surface area contributed by atoms with Crippen molar-refractivity contribution in [3.05, 3.63) is 62.9 Å². The lowest BCUT2D eigenvalue weighted by Gasteiger charge is -2.14. The van der Waals surface area contributed by atoms with Crippen LogP contribution in [0.3, 0.4) is 0 Å². The zero-order valence-electron chi connectivity index (χ0n) is 14.3. The summed E-state index contributed by atoms with van der Waals surface area (Å²) < 4.78 is 11.3. The van der Waals surface area contributed by atoms with Gasteiger partial charge in [-0.2, -0.15) is 0 Å². The number of hydrogen-bond acceptors (Lipinski definition) is 5. The Morgan fingerprint density at radius 2 is 1.96 bits per heavy atom. The van der Waals surface area contributed by atoms with Gasteiger partial charge in [0.25, 0.3) is 5.91 Å². The minimum atomic E-state index is -0.623. The van der Waals surface area contributed by atoms with E-state index in [-0.39, 0.29) is 5.69 Å². The average Bonchev–Trinajstić information content (AvgIpc) is 2.64. The summed E-state index contributed by atoms with van der Waals surface area (Å²) in [6.45, 7) is 2.49. The van der Waals surface area contributed by atoms with E-state index in [4.69, 9.17) is 9.15 Å². The summed E-state index contributed by atoms with van der Waals surface area (Å²) in [5, 5.41) is 6.52. The third-order valence-electron chi connectivity index (χ3n) is 3.81. The van der Waals surface area contributed by atoms with Crippen molar-refractivity contribution in [3.8, 4) is 5.75 Å². The van der Waals surface area contributed by atoms with Gasteiger partial charge in [0.2, 0.25) is 0 Å². The van der Waals surface area contributed by atoms with Gasteiger partial charge in [0.15, 0.2) is 5.69 Å². The number of para-hydroxylation sites is 1. The van der Waals surface area contributed by atoms with Crippen LogP contribution in [-0.2, 0) is 0 Å². The second-order valence-corrected chi connectivity index (χ2v) is 6.38. The average molecular weight is 417 g/mol. The number of amides is 1. The van der Waals surface area contributed by atoms with Crippen molar-refractivity contribution in [2.75, 3.05) is 24.3 Å². The summed E-state index contributed by atoms with van der Waals surface area (Å²) in [4.78, 5) is 25.2. The highest BCUT2D eigenvalue weighted by atomic mass is 79.9. The van der Waals surface area contributed by atoms with Gasteiger partial charge in [-0.1, -0.05) is 28.1 Å². The first-order valence-electron chi connectivity index (χ1n) is 7.99. The van der Waals surface area contributed by atoms with E-state index in [2.05, 4.69) is 26.6 Å². The lowest BCUT2D eigenvalue weighted by molar-refractivity contribution is 0.102. The lowest BCUT2D eigenvalue weighted by Crippen LogP contribution is -2.20. The molecule has 2 N–H and O–H groups in total. The fourth-order valence-electron chi connectivity index (χ4n) is 2.66. The Labute approximate surface area is 158 Å². The molecule has 7 heteroatoms. The molecule has 3 aromatic rings. The van der Waals surface area contributed by atoms with E-state index in [1.165, 1.54) is 7.11 Å². The number of benzene rings is 2. The van der Waals surface area contributed by atoms with Crippen molar-refractivity contribution < 1.29 is 13.9 Å². The van der Waals surface area contributed by atoms with Crippen molar-refractivity contribution in [1.82, 2.24) is 0 Å². The largest absolute Gasteiger partial charge is 0.496 e. The second-order valence-electron chi connectivity index (χ2n) is 5.46. The van der Waals surface area contributed by atoms with Crippen LogP contribution >= 0.6 is 15.9 Å².